The Kier molecular flexibility index (Phi) is 10.7. The van der Waals surface area contributed by atoms with Crippen LogP contribution in [0.4, 0.5) is 0 Å². The van der Waals surface area contributed by atoms with Gasteiger partial charge in [0.2, 0.25) is 29.5 Å². The molecule has 10 N–H and O–H groups in total. The Morgan fingerprint density at radius 3 is 2.09 bits per heavy atom. The van der Waals surface area contributed by atoms with Crippen LogP contribution in [0.3, 0.4) is 0 Å². The quantitative estimate of drug-likeness (QED) is 0.139. The first-order chi connectivity index (χ1) is 15.3. The molecule has 0 saturated carbocycles. The highest BCUT2D eigenvalue weighted by Crippen LogP contribution is 2.19. The van der Waals surface area contributed by atoms with Crippen LogP contribution in [0.1, 0.15) is 45.4 Å². The van der Waals surface area contributed by atoms with Gasteiger partial charge >= 0.3 is 5.97 Å². The van der Waals surface area contributed by atoms with E-state index < -0.39 is 65.8 Å². The standard InChI is InChI=1S/C19H32N6O8/c1-9(26)15(24-16(29)10(20)4-6-13(21)27)17(30)23-11(5-7-14(22)28)18(31)25-8-2-3-12(25)19(32)33/h9-12,15,26H,2-8,20H2,1H3,(H2,21,27)(H2,22,28)(H,23,30)(H,24,29)(H,32,33). The van der Waals surface area contributed by atoms with E-state index in [1.165, 1.54) is 6.92 Å². The number of aliphatic hydroxyl groups is 1. The fourth-order valence-corrected chi connectivity index (χ4v) is 3.39. The molecule has 5 unspecified atom stereocenters. The molecular weight excluding hydrogens is 440 g/mol. The molecule has 1 aliphatic heterocycles. The van der Waals surface area contributed by atoms with Gasteiger partial charge in [-0.25, -0.2) is 4.79 Å². The summed E-state index contributed by atoms with van der Waals surface area (Å²) >= 11 is 0. The first-order valence-electron chi connectivity index (χ1n) is 10.5. The molecule has 186 valence electrons. The van der Waals surface area contributed by atoms with E-state index in [1.807, 2.05) is 0 Å². The summed E-state index contributed by atoms with van der Waals surface area (Å²) in [7, 11) is 0. The number of primary amides is 2. The molecule has 1 heterocycles. The van der Waals surface area contributed by atoms with Gasteiger partial charge in [0.1, 0.15) is 18.1 Å². The molecule has 1 fully saturated rings. The predicted molar refractivity (Wildman–Crippen MR) is 113 cm³/mol. The number of carboxylic acids is 1. The van der Waals surface area contributed by atoms with Crippen molar-refractivity contribution >= 4 is 35.5 Å². The van der Waals surface area contributed by atoms with E-state index >= 15 is 0 Å². The molecule has 5 amide bonds. The van der Waals surface area contributed by atoms with Crippen LogP contribution < -0.4 is 27.8 Å². The van der Waals surface area contributed by atoms with Gasteiger partial charge in [-0.1, -0.05) is 0 Å². The van der Waals surface area contributed by atoms with Crippen molar-refractivity contribution in [1.29, 1.82) is 0 Å². The van der Waals surface area contributed by atoms with E-state index in [1.54, 1.807) is 0 Å². The van der Waals surface area contributed by atoms with Crippen LogP contribution >= 0.6 is 0 Å². The third kappa shape index (κ3) is 8.65. The first kappa shape index (κ1) is 27.8. The van der Waals surface area contributed by atoms with Crippen molar-refractivity contribution in [3.05, 3.63) is 0 Å². The normalized spacial score (nSPS) is 19.1. The summed E-state index contributed by atoms with van der Waals surface area (Å²) in [5.41, 5.74) is 15.8. The molecule has 1 saturated heterocycles. The molecule has 33 heavy (non-hydrogen) atoms. The Balaban J connectivity index is 2.96. The zero-order valence-electron chi connectivity index (χ0n) is 18.4. The smallest absolute Gasteiger partial charge is 0.326 e. The topological polar surface area (TPSA) is 248 Å². The van der Waals surface area contributed by atoms with Gasteiger partial charge in [-0.05, 0) is 32.6 Å². The number of aliphatic hydroxyl groups excluding tert-OH is 1. The molecule has 1 aliphatic rings. The molecule has 0 aromatic rings. The van der Waals surface area contributed by atoms with E-state index in [9.17, 15) is 39.0 Å². The Morgan fingerprint density at radius 1 is 1.00 bits per heavy atom. The summed E-state index contributed by atoms with van der Waals surface area (Å²) in [5, 5.41) is 23.9. The number of carboxylic acid groups (broad SMARTS) is 1. The first-order valence-corrected chi connectivity index (χ1v) is 10.5. The lowest BCUT2D eigenvalue weighted by atomic mass is 10.1. The highest BCUT2D eigenvalue weighted by Gasteiger charge is 2.39. The minimum absolute atomic E-state index is 0.0828. The molecule has 0 aromatic carbocycles. The minimum Gasteiger partial charge on any atom is -0.480 e. The van der Waals surface area contributed by atoms with Crippen LogP contribution in [-0.2, 0) is 28.8 Å². The van der Waals surface area contributed by atoms with Crippen molar-refractivity contribution in [3.8, 4) is 0 Å². The third-order valence-electron chi connectivity index (χ3n) is 5.22. The number of carbonyl (C=O) groups is 6. The van der Waals surface area contributed by atoms with E-state index in [0.717, 1.165) is 4.90 Å². The fraction of sp³-hybridized carbons (Fsp3) is 0.684. The van der Waals surface area contributed by atoms with Gasteiger partial charge in [-0.15, -0.1) is 0 Å². The summed E-state index contributed by atoms with van der Waals surface area (Å²) in [6.45, 7) is 1.38. The maximum Gasteiger partial charge on any atom is 0.326 e. The minimum atomic E-state index is -1.52. The van der Waals surface area contributed by atoms with E-state index in [2.05, 4.69) is 10.6 Å². The number of likely N-dealkylation sites (tertiary alicyclic amines) is 1. The number of rotatable bonds is 13. The number of amides is 5. The highest BCUT2D eigenvalue weighted by molar-refractivity contribution is 5.95. The molecule has 0 radical (unpaired) electrons. The van der Waals surface area contributed by atoms with Gasteiger partial charge in [0.05, 0.1) is 12.1 Å². The Morgan fingerprint density at radius 2 is 1.58 bits per heavy atom. The third-order valence-corrected chi connectivity index (χ3v) is 5.22. The summed E-state index contributed by atoms with van der Waals surface area (Å²) in [5.74, 6) is -5.10. The zero-order chi connectivity index (χ0) is 25.3. The molecule has 5 atom stereocenters. The van der Waals surface area contributed by atoms with E-state index in [0.29, 0.717) is 6.42 Å². The average Bonchev–Trinajstić information content (AvgIpc) is 3.22. The van der Waals surface area contributed by atoms with Crippen LogP contribution in [0.25, 0.3) is 0 Å². The predicted octanol–water partition coefficient (Wildman–Crippen LogP) is -3.73. The fourth-order valence-electron chi connectivity index (χ4n) is 3.39. The molecule has 0 aromatic heterocycles. The lowest BCUT2D eigenvalue weighted by Crippen LogP contribution is -2.59. The number of nitrogens with two attached hydrogens (primary N) is 3. The molecule has 0 bridgehead atoms. The average molecular weight is 472 g/mol. The lowest BCUT2D eigenvalue weighted by molar-refractivity contribution is -0.149. The van der Waals surface area contributed by atoms with Crippen molar-refractivity contribution in [1.82, 2.24) is 15.5 Å². The molecule has 0 spiro atoms. The van der Waals surface area contributed by atoms with Crippen LogP contribution in [0, 0.1) is 0 Å². The van der Waals surface area contributed by atoms with Crippen LogP contribution in [0.2, 0.25) is 0 Å². The number of aliphatic carboxylic acids is 1. The molecular formula is C19H32N6O8. The number of carbonyl (C=O) groups excluding carboxylic acids is 5. The SMILES string of the molecule is CC(O)C(NC(=O)C(N)CCC(N)=O)C(=O)NC(CCC(N)=O)C(=O)N1CCCC1C(=O)O. The number of hydrogen-bond donors (Lipinski definition) is 7. The van der Waals surface area contributed by atoms with Crippen molar-refractivity contribution < 1.29 is 39.0 Å². The molecule has 1 rings (SSSR count). The number of nitrogens with one attached hydrogen (secondary N) is 2. The maximum atomic E-state index is 13.0. The monoisotopic (exact) mass is 472 g/mol. The van der Waals surface area contributed by atoms with Crippen molar-refractivity contribution in [2.75, 3.05) is 6.54 Å². The summed E-state index contributed by atoms with van der Waals surface area (Å²) in [4.78, 5) is 72.6. The van der Waals surface area contributed by atoms with Gasteiger partial charge in [-0.3, -0.25) is 24.0 Å². The van der Waals surface area contributed by atoms with Crippen LogP contribution in [0.5, 0.6) is 0 Å². The van der Waals surface area contributed by atoms with Gasteiger partial charge in [0, 0.05) is 19.4 Å². The second-order valence-corrected chi connectivity index (χ2v) is 7.93. The van der Waals surface area contributed by atoms with Crippen molar-refractivity contribution in [3.63, 3.8) is 0 Å². The van der Waals surface area contributed by atoms with Gasteiger partial charge < -0.3 is 42.9 Å². The summed E-state index contributed by atoms with van der Waals surface area (Å²) in [6.07, 6.45) is -1.43. The highest BCUT2D eigenvalue weighted by atomic mass is 16.4. The molecule has 0 aliphatic carbocycles. The van der Waals surface area contributed by atoms with Crippen LogP contribution in [-0.4, -0.2) is 87.4 Å². The number of hydrogen-bond acceptors (Lipinski definition) is 8. The number of nitrogens with zero attached hydrogens (tertiary/aromatic N) is 1. The van der Waals surface area contributed by atoms with Gasteiger partial charge in [0.15, 0.2) is 0 Å². The van der Waals surface area contributed by atoms with E-state index in [-0.39, 0.29) is 38.6 Å². The second kappa shape index (κ2) is 12.7. The Bertz CT molecular complexity index is 773. The van der Waals surface area contributed by atoms with Crippen molar-refractivity contribution in [2.45, 2.75) is 75.7 Å². The molecule has 14 heteroatoms. The van der Waals surface area contributed by atoms with Gasteiger partial charge in [0.25, 0.3) is 0 Å². The largest absolute Gasteiger partial charge is 0.480 e. The summed E-state index contributed by atoms with van der Waals surface area (Å²) < 4.78 is 0. The Hall–Kier alpha value is -3.26. The summed E-state index contributed by atoms with van der Waals surface area (Å²) in [6, 6.07) is -5.08. The second-order valence-electron chi connectivity index (χ2n) is 7.93. The lowest BCUT2D eigenvalue weighted by Gasteiger charge is -2.29. The van der Waals surface area contributed by atoms with Crippen molar-refractivity contribution in [2.24, 2.45) is 17.2 Å². The van der Waals surface area contributed by atoms with E-state index in [4.69, 9.17) is 17.2 Å². The maximum absolute atomic E-state index is 13.0. The zero-order valence-corrected chi connectivity index (χ0v) is 18.4. The Labute approximate surface area is 190 Å². The van der Waals surface area contributed by atoms with Gasteiger partial charge in [-0.2, -0.15) is 0 Å². The van der Waals surface area contributed by atoms with Crippen LogP contribution in [0.15, 0.2) is 0 Å². The molecule has 14 nitrogen and oxygen atoms in total.